The van der Waals surface area contributed by atoms with Gasteiger partial charge in [-0.25, -0.2) is 9.97 Å². The molecule has 5 heteroatoms. The van der Waals surface area contributed by atoms with Gasteiger partial charge in [0.25, 0.3) is 0 Å². The summed E-state index contributed by atoms with van der Waals surface area (Å²) in [5, 5.41) is 3.82. The van der Waals surface area contributed by atoms with E-state index in [0.717, 1.165) is 11.1 Å². The Morgan fingerprint density at radius 2 is 1.94 bits per heavy atom. The number of rotatable bonds is 4. The summed E-state index contributed by atoms with van der Waals surface area (Å²) >= 11 is 6.02. The summed E-state index contributed by atoms with van der Waals surface area (Å²) in [7, 11) is 3.49. The first-order valence-corrected chi connectivity index (χ1v) is 5.89. The number of hydrogen-bond donors (Lipinski definition) is 1. The number of nitrogens with zero attached hydrogens (tertiary/aromatic N) is 2. The van der Waals surface area contributed by atoms with Crippen molar-refractivity contribution in [3.63, 3.8) is 0 Å². The maximum Gasteiger partial charge on any atom is 0.137 e. The summed E-state index contributed by atoms with van der Waals surface area (Å²) in [4.78, 5) is 8.06. The van der Waals surface area contributed by atoms with Crippen molar-refractivity contribution in [2.45, 2.75) is 6.04 Å². The first kappa shape index (κ1) is 12.8. The maximum absolute atomic E-state index is 6.02. The number of benzene rings is 1. The molecule has 4 nitrogen and oxygen atoms in total. The molecule has 1 N–H and O–H groups in total. The molecule has 0 aliphatic carbocycles. The second-order valence-electron chi connectivity index (χ2n) is 3.79. The van der Waals surface area contributed by atoms with Crippen LogP contribution in [0, 0.1) is 0 Å². The van der Waals surface area contributed by atoms with Gasteiger partial charge >= 0.3 is 0 Å². The van der Waals surface area contributed by atoms with E-state index in [1.54, 1.807) is 19.5 Å². The van der Waals surface area contributed by atoms with Crippen LogP contribution in [0.1, 0.15) is 17.2 Å². The van der Waals surface area contributed by atoms with Crippen molar-refractivity contribution in [1.82, 2.24) is 15.3 Å². The van der Waals surface area contributed by atoms with Crippen molar-refractivity contribution in [2.24, 2.45) is 0 Å². The highest BCUT2D eigenvalue weighted by Crippen LogP contribution is 2.29. The summed E-state index contributed by atoms with van der Waals surface area (Å²) < 4.78 is 5.23. The van der Waals surface area contributed by atoms with Crippen molar-refractivity contribution in [1.29, 1.82) is 0 Å². The molecule has 18 heavy (non-hydrogen) atoms. The zero-order chi connectivity index (χ0) is 13.0. The molecule has 1 aromatic carbocycles. The minimum atomic E-state index is 0.0115. The number of halogens is 1. The molecule has 2 aromatic rings. The Labute approximate surface area is 111 Å². The number of methoxy groups -OCH3 is 1. The smallest absolute Gasteiger partial charge is 0.137 e. The van der Waals surface area contributed by atoms with Gasteiger partial charge in [0.1, 0.15) is 12.1 Å². The largest absolute Gasteiger partial charge is 0.495 e. The molecular weight excluding hydrogens is 250 g/mol. The summed E-state index contributed by atoms with van der Waals surface area (Å²) in [5.41, 5.74) is 2.04. The fraction of sp³-hybridized carbons (Fsp3) is 0.231. The second-order valence-corrected chi connectivity index (χ2v) is 4.19. The number of hydrogen-bond acceptors (Lipinski definition) is 4. The molecule has 1 atom stereocenters. The zero-order valence-corrected chi connectivity index (χ0v) is 11.0. The van der Waals surface area contributed by atoms with E-state index in [-0.39, 0.29) is 6.04 Å². The predicted molar refractivity (Wildman–Crippen MR) is 70.9 cm³/mol. The van der Waals surface area contributed by atoms with Crippen molar-refractivity contribution in [3.8, 4) is 5.75 Å². The number of aromatic nitrogens is 2. The van der Waals surface area contributed by atoms with Gasteiger partial charge in [0.15, 0.2) is 0 Å². The van der Waals surface area contributed by atoms with E-state index in [0.29, 0.717) is 10.8 Å². The highest BCUT2D eigenvalue weighted by Gasteiger charge is 2.14. The van der Waals surface area contributed by atoms with E-state index in [2.05, 4.69) is 15.3 Å². The average molecular weight is 264 g/mol. The van der Waals surface area contributed by atoms with E-state index >= 15 is 0 Å². The third kappa shape index (κ3) is 2.60. The van der Waals surface area contributed by atoms with Crippen LogP contribution >= 0.6 is 11.6 Å². The van der Waals surface area contributed by atoms with Crippen molar-refractivity contribution < 1.29 is 4.74 Å². The third-order valence-electron chi connectivity index (χ3n) is 2.71. The van der Waals surface area contributed by atoms with E-state index in [4.69, 9.17) is 16.3 Å². The van der Waals surface area contributed by atoms with Crippen molar-refractivity contribution in [2.75, 3.05) is 14.2 Å². The first-order chi connectivity index (χ1) is 8.76. The SMILES string of the molecule is CNC(c1cncnc1)c1ccc(Cl)c(OC)c1. The Hall–Kier alpha value is -1.65. The molecule has 0 aliphatic rings. The predicted octanol–water partition coefficient (Wildman–Crippen LogP) is 2.45. The van der Waals surface area contributed by atoms with Crippen LogP contribution in [-0.2, 0) is 0 Å². The lowest BCUT2D eigenvalue weighted by atomic mass is 10.0. The molecule has 0 saturated heterocycles. The molecule has 0 radical (unpaired) electrons. The van der Waals surface area contributed by atoms with Crippen LogP contribution in [0.5, 0.6) is 5.75 Å². The van der Waals surface area contributed by atoms with Gasteiger partial charge < -0.3 is 10.1 Å². The topological polar surface area (TPSA) is 47.0 Å². The Morgan fingerprint density at radius 3 is 2.56 bits per heavy atom. The minimum absolute atomic E-state index is 0.0115. The summed E-state index contributed by atoms with van der Waals surface area (Å²) in [6.45, 7) is 0. The van der Waals surface area contributed by atoms with Crippen LogP contribution in [0.15, 0.2) is 36.9 Å². The molecule has 0 amide bonds. The van der Waals surface area contributed by atoms with Gasteiger partial charge in [-0.15, -0.1) is 0 Å². The average Bonchev–Trinajstić information content (AvgIpc) is 2.42. The third-order valence-corrected chi connectivity index (χ3v) is 3.02. The molecule has 1 unspecified atom stereocenters. The summed E-state index contributed by atoms with van der Waals surface area (Å²) in [6.07, 6.45) is 5.09. The Balaban J connectivity index is 2.39. The molecule has 0 spiro atoms. The zero-order valence-electron chi connectivity index (χ0n) is 10.2. The van der Waals surface area contributed by atoms with E-state index in [1.807, 2.05) is 25.2 Å². The second kappa shape index (κ2) is 5.80. The van der Waals surface area contributed by atoms with Crippen LogP contribution in [0.25, 0.3) is 0 Å². The highest BCUT2D eigenvalue weighted by molar-refractivity contribution is 6.32. The lowest BCUT2D eigenvalue weighted by molar-refractivity contribution is 0.414. The van der Waals surface area contributed by atoms with E-state index < -0.39 is 0 Å². The fourth-order valence-corrected chi connectivity index (χ4v) is 2.04. The molecule has 94 valence electrons. The van der Waals surface area contributed by atoms with Gasteiger partial charge in [0, 0.05) is 18.0 Å². The van der Waals surface area contributed by atoms with Gasteiger partial charge in [-0.05, 0) is 24.7 Å². The van der Waals surface area contributed by atoms with Crippen LogP contribution in [-0.4, -0.2) is 24.1 Å². The van der Waals surface area contributed by atoms with Crippen LogP contribution in [0.3, 0.4) is 0 Å². The lowest BCUT2D eigenvalue weighted by Crippen LogP contribution is -2.18. The highest BCUT2D eigenvalue weighted by atomic mass is 35.5. The van der Waals surface area contributed by atoms with E-state index in [1.165, 1.54) is 6.33 Å². The fourth-order valence-electron chi connectivity index (χ4n) is 1.84. The monoisotopic (exact) mass is 263 g/mol. The molecule has 0 fully saturated rings. The van der Waals surface area contributed by atoms with Gasteiger partial charge in [-0.3, -0.25) is 0 Å². The van der Waals surface area contributed by atoms with Gasteiger partial charge in [-0.1, -0.05) is 17.7 Å². The number of ether oxygens (including phenoxy) is 1. The van der Waals surface area contributed by atoms with E-state index in [9.17, 15) is 0 Å². The Morgan fingerprint density at radius 1 is 1.22 bits per heavy atom. The van der Waals surface area contributed by atoms with Gasteiger partial charge in [0.05, 0.1) is 18.2 Å². The van der Waals surface area contributed by atoms with Crippen molar-refractivity contribution in [3.05, 3.63) is 53.1 Å². The molecule has 2 rings (SSSR count). The summed E-state index contributed by atoms with van der Waals surface area (Å²) in [6, 6.07) is 5.71. The molecular formula is C13H14ClN3O. The minimum Gasteiger partial charge on any atom is -0.495 e. The van der Waals surface area contributed by atoms with Crippen LogP contribution < -0.4 is 10.1 Å². The number of nitrogens with one attached hydrogen (secondary N) is 1. The van der Waals surface area contributed by atoms with Gasteiger partial charge in [0.2, 0.25) is 0 Å². The first-order valence-electron chi connectivity index (χ1n) is 5.52. The van der Waals surface area contributed by atoms with Crippen LogP contribution in [0.4, 0.5) is 0 Å². The molecule has 0 bridgehead atoms. The molecule has 1 aromatic heterocycles. The van der Waals surface area contributed by atoms with Crippen molar-refractivity contribution >= 4 is 11.6 Å². The lowest BCUT2D eigenvalue weighted by Gasteiger charge is -2.17. The van der Waals surface area contributed by atoms with Crippen LogP contribution in [0.2, 0.25) is 5.02 Å². The standard InChI is InChI=1S/C13H14ClN3O/c1-15-13(10-6-16-8-17-7-10)9-3-4-11(14)12(5-9)18-2/h3-8,13,15H,1-2H3. The normalized spacial score (nSPS) is 12.2. The Kier molecular flexibility index (Phi) is 4.12. The molecule has 0 aliphatic heterocycles. The van der Waals surface area contributed by atoms with Gasteiger partial charge in [-0.2, -0.15) is 0 Å². The molecule has 1 heterocycles. The quantitative estimate of drug-likeness (QED) is 0.920. The summed E-state index contributed by atoms with van der Waals surface area (Å²) in [5.74, 6) is 0.659. The Bertz CT molecular complexity index is 519. The molecule has 0 saturated carbocycles. The maximum atomic E-state index is 6.02.